The Morgan fingerprint density at radius 1 is 1.05 bits per heavy atom. The van der Waals surface area contributed by atoms with Crippen LogP contribution < -0.4 is 15.0 Å². The van der Waals surface area contributed by atoms with E-state index in [-0.39, 0.29) is 4.91 Å². The van der Waals surface area contributed by atoms with Crippen molar-refractivity contribution in [3.05, 3.63) is 93.3 Å². The molecule has 0 radical (unpaired) electrons. The minimum atomic E-state index is -0.524. The standard InChI is InChI=1S/C30H30ClN3O4S/c1-4-33(5-2)24-14-12-22(26(17-24)38-19-21-9-7-6-8-10-21)15-27-29(36)34(30(37)39-27)18-28(35)32-23-13-11-20(3)25(31)16-23/h6-17H,4-5,18-19H2,1-3H3,(H,32,35)/b27-15+. The predicted octanol–water partition coefficient (Wildman–Crippen LogP) is 6.75. The number of nitrogens with one attached hydrogen (secondary N) is 1. The van der Waals surface area contributed by atoms with Gasteiger partial charge in [0, 0.05) is 41.1 Å². The second-order valence-electron chi connectivity index (χ2n) is 8.95. The molecule has 9 heteroatoms. The predicted molar refractivity (Wildman–Crippen MR) is 158 cm³/mol. The number of nitrogens with zero attached hydrogens (tertiary/aromatic N) is 2. The van der Waals surface area contributed by atoms with Gasteiger partial charge in [-0.2, -0.15) is 0 Å². The second kappa shape index (κ2) is 12.9. The zero-order chi connectivity index (χ0) is 27.9. The molecule has 1 heterocycles. The van der Waals surface area contributed by atoms with Gasteiger partial charge in [-0.05, 0) is 74.0 Å². The third-order valence-electron chi connectivity index (χ3n) is 6.28. The molecule has 0 unspecified atom stereocenters. The van der Waals surface area contributed by atoms with Crippen LogP contribution >= 0.6 is 23.4 Å². The lowest BCUT2D eigenvalue weighted by Crippen LogP contribution is -2.36. The summed E-state index contributed by atoms with van der Waals surface area (Å²) in [5.74, 6) is -0.415. The van der Waals surface area contributed by atoms with Crippen LogP contribution in [0.1, 0.15) is 30.5 Å². The van der Waals surface area contributed by atoms with E-state index in [2.05, 4.69) is 24.1 Å². The highest BCUT2D eigenvalue weighted by Gasteiger charge is 2.36. The lowest BCUT2D eigenvalue weighted by Gasteiger charge is -2.22. The zero-order valence-corrected chi connectivity index (χ0v) is 23.6. The first-order valence-electron chi connectivity index (χ1n) is 12.7. The molecular weight excluding hydrogens is 534 g/mol. The van der Waals surface area contributed by atoms with E-state index >= 15 is 0 Å². The van der Waals surface area contributed by atoms with E-state index in [4.69, 9.17) is 16.3 Å². The number of halogens is 1. The van der Waals surface area contributed by atoms with Crippen molar-refractivity contribution in [1.29, 1.82) is 0 Å². The Morgan fingerprint density at radius 3 is 2.49 bits per heavy atom. The van der Waals surface area contributed by atoms with Gasteiger partial charge in [-0.1, -0.05) is 48.0 Å². The first-order valence-corrected chi connectivity index (χ1v) is 13.9. The van der Waals surface area contributed by atoms with Crippen molar-refractivity contribution in [2.24, 2.45) is 0 Å². The zero-order valence-electron chi connectivity index (χ0n) is 22.1. The van der Waals surface area contributed by atoms with E-state index in [0.29, 0.717) is 28.6 Å². The highest BCUT2D eigenvalue weighted by Crippen LogP contribution is 2.35. The van der Waals surface area contributed by atoms with Gasteiger partial charge in [-0.3, -0.25) is 19.3 Å². The van der Waals surface area contributed by atoms with Crippen molar-refractivity contribution >= 4 is 57.9 Å². The number of hydrogen-bond donors (Lipinski definition) is 1. The van der Waals surface area contributed by atoms with Crippen molar-refractivity contribution in [3.8, 4) is 5.75 Å². The maximum absolute atomic E-state index is 13.1. The number of imide groups is 1. The van der Waals surface area contributed by atoms with E-state index in [1.165, 1.54) is 0 Å². The Labute approximate surface area is 237 Å². The maximum atomic E-state index is 13.1. The summed E-state index contributed by atoms with van der Waals surface area (Å²) in [4.78, 5) is 41.8. The van der Waals surface area contributed by atoms with Crippen LogP contribution in [0.2, 0.25) is 5.02 Å². The van der Waals surface area contributed by atoms with Crippen molar-refractivity contribution < 1.29 is 19.1 Å². The molecule has 0 aliphatic carbocycles. The average Bonchev–Trinajstić information content (AvgIpc) is 3.19. The molecule has 1 aliphatic rings. The van der Waals surface area contributed by atoms with Gasteiger partial charge < -0.3 is 15.0 Å². The fourth-order valence-corrected chi connectivity index (χ4v) is 5.09. The molecule has 4 rings (SSSR count). The molecule has 1 N–H and O–H groups in total. The third kappa shape index (κ3) is 7.02. The largest absolute Gasteiger partial charge is 0.488 e. The van der Waals surface area contributed by atoms with Gasteiger partial charge in [0.15, 0.2) is 0 Å². The van der Waals surface area contributed by atoms with Crippen LogP contribution in [0.4, 0.5) is 16.2 Å². The summed E-state index contributed by atoms with van der Waals surface area (Å²) in [7, 11) is 0. The molecule has 7 nitrogen and oxygen atoms in total. The van der Waals surface area contributed by atoms with Gasteiger partial charge in [0.2, 0.25) is 5.91 Å². The van der Waals surface area contributed by atoms with Crippen LogP contribution in [0.3, 0.4) is 0 Å². The van der Waals surface area contributed by atoms with Crippen LogP contribution in [0, 0.1) is 6.92 Å². The summed E-state index contributed by atoms with van der Waals surface area (Å²) < 4.78 is 6.19. The van der Waals surface area contributed by atoms with E-state index in [0.717, 1.165) is 46.6 Å². The van der Waals surface area contributed by atoms with Crippen LogP contribution in [0.25, 0.3) is 6.08 Å². The summed E-state index contributed by atoms with van der Waals surface area (Å²) in [5.41, 5.74) is 4.06. The lowest BCUT2D eigenvalue weighted by molar-refractivity contribution is -0.127. The quantitative estimate of drug-likeness (QED) is 0.275. The molecule has 0 saturated carbocycles. The molecular formula is C30H30ClN3O4S. The number of thioether (sulfide) groups is 1. The van der Waals surface area contributed by atoms with Gasteiger partial charge in [0.1, 0.15) is 18.9 Å². The smallest absolute Gasteiger partial charge is 0.294 e. The van der Waals surface area contributed by atoms with Crippen molar-refractivity contribution in [1.82, 2.24) is 4.90 Å². The monoisotopic (exact) mass is 563 g/mol. The van der Waals surface area contributed by atoms with Crippen LogP contribution in [0.5, 0.6) is 5.75 Å². The van der Waals surface area contributed by atoms with Crippen LogP contribution in [-0.2, 0) is 16.2 Å². The van der Waals surface area contributed by atoms with Crippen LogP contribution in [0.15, 0.2) is 71.6 Å². The number of ether oxygens (including phenoxy) is 1. The molecule has 39 heavy (non-hydrogen) atoms. The molecule has 0 bridgehead atoms. The summed E-state index contributed by atoms with van der Waals surface area (Å²) in [6, 6.07) is 20.7. The molecule has 3 aromatic rings. The molecule has 1 saturated heterocycles. The average molecular weight is 564 g/mol. The molecule has 1 fully saturated rings. The number of carbonyl (C=O) groups excluding carboxylic acids is 3. The maximum Gasteiger partial charge on any atom is 0.294 e. The van der Waals surface area contributed by atoms with E-state index in [9.17, 15) is 14.4 Å². The Balaban J connectivity index is 1.53. The number of rotatable bonds is 10. The number of carbonyl (C=O) groups is 3. The lowest BCUT2D eigenvalue weighted by atomic mass is 10.1. The van der Waals surface area contributed by atoms with Gasteiger partial charge in [0.25, 0.3) is 11.1 Å². The van der Waals surface area contributed by atoms with Gasteiger partial charge in [-0.25, -0.2) is 0 Å². The minimum Gasteiger partial charge on any atom is -0.488 e. The number of aryl methyl sites for hydroxylation is 1. The van der Waals surface area contributed by atoms with E-state index < -0.39 is 23.6 Å². The molecule has 202 valence electrons. The molecule has 0 spiro atoms. The normalized spacial score (nSPS) is 14.2. The van der Waals surface area contributed by atoms with Gasteiger partial charge in [-0.15, -0.1) is 0 Å². The summed E-state index contributed by atoms with van der Waals surface area (Å²) in [6.45, 7) is 7.66. The Hall–Kier alpha value is -3.75. The molecule has 1 aliphatic heterocycles. The fraction of sp³-hybridized carbons (Fsp3) is 0.233. The van der Waals surface area contributed by atoms with E-state index in [1.807, 2.05) is 55.5 Å². The first kappa shape index (κ1) is 28.3. The fourth-order valence-electron chi connectivity index (χ4n) is 4.08. The number of anilines is 2. The molecule has 3 amide bonds. The van der Waals surface area contributed by atoms with Crippen molar-refractivity contribution in [2.75, 3.05) is 29.9 Å². The summed E-state index contributed by atoms with van der Waals surface area (Å²) >= 11 is 6.93. The summed E-state index contributed by atoms with van der Waals surface area (Å²) in [5, 5.41) is 2.70. The topological polar surface area (TPSA) is 79.0 Å². The number of benzene rings is 3. The molecule has 0 aromatic heterocycles. The van der Waals surface area contributed by atoms with Crippen molar-refractivity contribution in [3.63, 3.8) is 0 Å². The SMILES string of the molecule is CCN(CC)c1ccc(/C=C2/SC(=O)N(CC(=O)Nc3ccc(C)c(Cl)c3)C2=O)c(OCc2ccccc2)c1. The van der Waals surface area contributed by atoms with E-state index in [1.54, 1.807) is 24.3 Å². The molecule has 0 atom stereocenters. The Morgan fingerprint density at radius 2 is 1.79 bits per heavy atom. The van der Waals surface area contributed by atoms with Crippen LogP contribution in [-0.4, -0.2) is 41.6 Å². The summed E-state index contributed by atoms with van der Waals surface area (Å²) in [6.07, 6.45) is 1.65. The highest BCUT2D eigenvalue weighted by molar-refractivity contribution is 8.18. The first-order chi connectivity index (χ1) is 18.8. The van der Waals surface area contributed by atoms with Gasteiger partial charge >= 0.3 is 0 Å². The second-order valence-corrected chi connectivity index (χ2v) is 10.3. The molecule has 3 aromatic carbocycles. The number of hydrogen-bond acceptors (Lipinski definition) is 6. The Kier molecular flexibility index (Phi) is 9.32. The Bertz CT molecular complexity index is 1410. The van der Waals surface area contributed by atoms with Gasteiger partial charge in [0.05, 0.1) is 4.91 Å². The number of amides is 3. The third-order valence-corrected chi connectivity index (χ3v) is 7.59. The minimum absolute atomic E-state index is 0.228. The van der Waals surface area contributed by atoms with Crippen molar-refractivity contribution in [2.45, 2.75) is 27.4 Å². The highest BCUT2D eigenvalue weighted by atomic mass is 35.5.